The zero-order valence-electron chi connectivity index (χ0n) is 15.7. The van der Waals surface area contributed by atoms with Crippen LogP contribution in [0, 0.1) is 5.92 Å². The minimum absolute atomic E-state index is 0.123. The largest absolute Gasteiger partial charge is 0.357 e. The SMILES string of the molecule is CCNC(=NCc1ccc(S(N)(=O)=O)cc1)NCCCC1CCCCC1. The van der Waals surface area contributed by atoms with Crippen LogP contribution in [0.2, 0.25) is 0 Å². The van der Waals surface area contributed by atoms with E-state index in [0.29, 0.717) is 6.54 Å². The molecule has 1 fully saturated rings. The molecule has 0 saturated heterocycles. The smallest absolute Gasteiger partial charge is 0.238 e. The zero-order chi connectivity index (χ0) is 18.8. The average Bonchev–Trinajstić information content (AvgIpc) is 2.63. The topological polar surface area (TPSA) is 96.6 Å². The summed E-state index contributed by atoms with van der Waals surface area (Å²) in [7, 11) is -3.64. The third kappa shape index (κ3) is 7.33. The summed E-state index contributed by atoms with van der Waals surface area (Å²) in [4.78, 5) is 4.70. The van der Waals surface area contributed by atoms with Crippen molar-refractivity contribution in [3.63, 3.8) is 0 Å². The molecule has 1 aliphatic rings. The molecule has 26 heavy (non-hydrogen) atoms. The molecule has 1 aliphatic carbocycles. The van der Waals surface area contributed by atoms with E-state index in [1.807, 2.05) is 6.92 Å². The van der Waals surface area contributed by atoms with Gasteiger partial charge >= 0.3 is 0 Å². The number of nitrogens with two attached hydrogens (primary N) is 1. The Morgan fingerprint density at radius 2 is 1.85 bits per heavy atom. The first kappa shape index (κ1) is 20.7. The van der Waals surface area contributed by atoms with Crippen LogP contribution >= 0.6 is 0 Å². The Balaban J connectivity index is 1.79. The van der Waals surface area contributed by atoms with E-state index >= 15 is 0 Å². The van der Waals surface area contributed by atoms with Gasteiger partial charge < -0.3 is 10.6 Å². The summed E-state index contributed by atoms with van der Waals surface area (Å²) < 4.78 is 22.6. The number of nitrogens with zero attached hydrogens (tertiary/aromatic N) is 1. The van der Waals surface area contributed by atoms with Crippen molar-refractivity contribution >= 4 is 16.0 Å². The second kappa shape index (κ2) is 10.5. The van der Waals surface area contributed by atoms with Crippen molar-refractivity contribution in [1.29, 1.82) is 0 Å². The molecule has 0 amide bonds. The van der Waals surface area contributed by atoms with Gasteiger partial charge in [0.05, 0.1) is 11.4 Å². The van der Waals surface area contributed by atoms with Gasteiger partial charge in [-0.05, 0) is 43.4 Å². The second-order valence-corrected chi connectivity index (χ2v) is 8.52. The first-order chi connectivity index (χ1) is 12.5. The summed E-state index contributed by atoms with van der Waals surface area (Å²) in [6.45, 7) is 4.26. The van der Waals surface area contributed by atoms with Crippen LogP contribution in [0.25, 0.3) is 0 Å². The fourth-order valence-electron chi connectivity index (χ4n) is 3.37. The average molecular weight is 381 g/mol. The summed E-state index contributed by atoms with van der Waals surface area (Å²) >= 11 is 0. The fourth-order valence-corrected chi connectivity index (χ4v) is 3.89. The van der Waals surface area contributed by atoms with E-state index in [-0.39, 0.29) is 4.90 Å². The Morgan fingerprint density at radius 1 is 1.15 bits per heavy atom. The normalized spacial score (nSPS) is 16.5. The van der Waals surface area contributed by atoms with E-state index in [9.17, 15) is 8.42 Å². The third-order valence-electron chi connectivity index (χ3n) is 4.82. The molecule has 0 atom stereocenters. The quantitative estimate of drug-likeness (QED) is 0.367. The zero-order valence-corrected chi connectivity index (χ0v) is 16.5. The van der Waals surface area contributed by atoms with E-state index in [2.05, 4.69) is 15.6 Å². The van der Waals surface area contributed by atoms with Crippen LogP contribution in [0.5, 0.6) is 0 Å². The molecule has 0 unspecified atom stereocenters. The van der Waals surface area contributed by atoms with Gasteiger partial charge in [-0.15, -0.1) is 0 Å². The van der Waals surface area contributed by atoms with Crippen LogP contribution < -0.4 is 15.8 Å². The Morgan fingerprint density at radius 3 is 2.46 bits per heavy atom. The highest BCUT2D eigenvalue weighted by Gasteiger charge is 2.12. The van der Waals surface area contributed by atoms with Crippen molar-refractivity contribution in [3.05, 3.63) is 29.8 Å². The van der Waals surface area contributed by atoms with Crippen molar-refractivity contribution in [3.8, 4) is 0 Å². The van der Waals surface area contributed by atoms with Crippen LogP contribution in [0.15, 0.2) is 34.2 Å². The Labute approximate surface area is 157 Å². The molecule has 7 heteroatoms. The molecule has 4 N–H and O–H groups in total. The van der Waals surface area contributed by atoms with Gasteiger partial charge in [0.2, 0.25) is 10.0 Å². The van der Waals surface area contributed by atoms with Gasteiger partial charge in [0.25, 0.3) is 0 Å². The summed E-state index contributed by atoms with van der Waals surface area (Å²) in [5.74, 6) is 1.70. The van der Waals surface area contributed by atoms with E-state index in [1.54, 1.807) is 12.1 Å². The van der Waals surface area contributed by atoms with Crippen LogP contribution in [-0.4, -0.2) is 27.5 Å². The van der Waals surface area contributed by atoms with Crippen molar-refractivity contribution in [2.75, 3.05) is 13.1 Å². The minimum atomic E-state index is -3.64. The van der Waals surface area contributed by atoms with Crippen molar-refractivity contribution < 1.29 is 8.42 Å². The molecular weight excluding hydrogens is 348 g/mol. The number of guanidine groups is 1. The maximum absolute atomic E-state index is 11.3. The first-order valence-electron chi connectivity index (χ1n) is 9.63. The molecule has 0 aromatic heterocycles. The van der Waals surface area contributed by atoms with E-state index in [0.717, 1.165) is 37.0 Å². The summed E-state index contributed by atoms with van der Waals surface area (Å²) in [5.41, 5.74) is 0.941. The lowest BCUT2D eigenvalue weighted by Crippen LogP contribution is -2.37. The molecule has 1 saturated carbocycles. The maximum Gasteiger partial charge on any atom is 0.238 e. The lowest BCUT2D eigenvalue weighted by Gasteiger charge is -2.21. The number of aliphatic imine (C=N–C) groups is 1. The monoisotopic (exact) mass is 380 g/mol. The van der Waals surface area contributed by atoms with Gasteiger partial charge in [0, 0.05) is 13.1 Å². The number of sulfonamides is 1. The highest BCUT2D eigenvalue weighted by molar-refractivity contribution is 7.89. The predicted octanol–water partition coefficient (Wildman–Crippen LogP) is 2.75. The van der Waals surface area contributed by atoms with Crippen LogP contribution in [-0.2, 0) is 16.6 Å². The molecule has 1 aromatic carbocycles. The maximum atomic E-state index is 11.3. The van der Waals surface area contributed by atoms with Gasteiger partial charge in [-0.3, -0.25) is 0 Å². The Kier molecular flexibility index (Phi) is 8.38. The van der Waals surface area contributed by atoms with E-state index in [1.165, 1.54) is 50.7 Å². The molecule has 0 spiro atoms. The molecule has 1 aromatic rings. The molecule has 0 aliphatic heterocycles. The molecule has 0 heterocycles. The number of nitrogens with one attached hydrogen (secondary N) is 2. The molecule has 0 bridgehead atoms. The number of primary sulfonamides is 1. The molecule has 0 radical (unpaired) electrons. The molecular formula is C19H32N4O2S. The van der Waals surface area contributed by atoms with Crippen molar-refractivity contribution in [2.24, 2.45) is 16.0 Å². The lowest BCUT2D eigenvalue weighted by atomic mass is 9.86. The first-order valence-corrected chi connectivity index (χ1v) is 11.2. The standard InChI is InChI=1S/C19H32N4O2S/c1-2-21-19(22-14-6-9-16-7-4-3-5-8-16)23-15-17-10-12-18(13-11-17)26(20,24)25/h10-13,16H,2-9,14-15H2,1H3,(H2,20,24,25)(H2,21,22,23). The lowest BCUT2D eigenvalue weighted by molar-refractivity contribution is 0.332. The van der Waals surface area contributed by atoms with Gasteiger partial charge in [0.1, 0.15) is 0 Å². The molecule has 6 nitrogen and oxygen atoms in total. The van der Waals surface area contributed by atoms with Crippen LogP contribution in [0.1, 0.15) is 57.4 Å². The number of rotatable bonds is 8. The Bertz CT molecular complexity index is 665. The van der Waals surface area contributed by atoms with E-state index < -0.39 is 10.0 Å². The van der Waals surface area contributed by atoms with Gasteiger partial charge in [0.15, 0.2) is 5.96 Å². The van der Waals surface area contributed by atoms with Gasteiger partial charge in [-0.1, -0.05) is 44.2 Å². The summed E-state index contributed by atoms with van der Waals surface area (Å²) in [5, 5.41) is 11.8. The van der Waals surface area contributed by atoms with Crippen LogP contribution in [0.3, 0.4) is 0 Å². The minimum Gasteiger partial charge on any atom is -0.357 e. The molecule has 146 valence electrons. The number of hydrogen-bond donors (Lipinski definition) is 3. The summed E-state index contributed by atoms with van der Waals surface area (Å²) in [6.07, 6.45) is 9.44. The van der Waals surface area contributed by atoms with Gasteiger partial charge in [-0.25, -0.2) is 18.5 Å². The Hall–Kier alpha value is -1.60. The number of hydrogen-bond acceptors (Lipinski definition) is 3. The second-order valence-electron chi connectivity index (χ2n) is 6.96. The highest BCUT2D eigenvalue weighted by atomic mass is 32.2. The van der Waals surface area contributed by atoms with Gasteiger partial charge in [-0.2, -0.15) is 0 Å². The third-order valence-corrected chi connectivity index (χ3v) is 5.75. The number of benzene rings is 1. The van der Waals surface area contributed by atoms with E-state index in [4.69, 9.17) is 5.14 Å². The van der Waals surface area contributed by atoms with Crippen LogP contribution in [0.4, 0.5) is 0 Å². The van der Waals surface area contributed by atoms with Crippen molar-refractivity contribution in [1.82, 2.24) is 10.6 Å². The summed E-state index contributed by atoms with van der Waals surface area (Å²) in [6, 6.07) is 6.53. The fraction of sp³-hybridized carbons (Fsp3) is 0.632. The highest BCUT2D eigenvalue weighted by Crippen LogP contribution is 2.26. The van der Waals surface area contributed by atoms with Crippen molar-refractivity contribution in [2.45, 2.75) is 63.3 Å². The molecule has 2 rings (SSSR count). The predicted molar refractivity (Wildman–Crippen MR) is 106 cm³/mol.